The van der Waals surface area contributed by atoms with Gasteiger partial charge in [-0.15, -0.1) is 0 Å². The van der Waals surface area contributed by atoms with Crippen LogP contribution in [0.25, 0.3) is 0 Å². The fraction of sp³-hybridized carbons (Fsp3) is 0.500. The SMILES string of the molecule is O=C(COc1cccc(Br)c1)NC1CCCCC1O. The fourth-order valence-corrected chi connectivity index (χ4v) is 2.61. The highest BCUT2D eigenvalue weighted by Gasteiger charge is 2.24. The summed E-state index contributed by atoms with van der Waals surface area (Å²) in [5.41, 5.74) is 0. The lowest BCUT2D eigenvalue weighted by Crippen LogP contribution is -2.46. The number of nitrogens with one attached hydrogen (secondary N) is 1. The van der Waals surface area contributed by atoms with Crippen molar-refractivity contribution in [1.82, 2.24) is 5.32 Å². The largest absolute Gasteiger partial charge is 0.484 e. The number of ether oxygens (including phenoxy) is 1. The molecule has 0 saturated heterocycles. The van der Waals surface area contributed by atoms with Gasteiger partial charge in [-0.25, -0.2) is 0 Å². The van der Waals surface area contributed by atoms with Crippen LogP contribution >= 0.6 is 15.9 Å². The Bertz CT molecular complexity index is 438. The Balaban J connectivity index is 1.78. The van der Waals surface area contributed by atoms with E-state index >= 15 is 0 Å². The molecule has 4 nitrogen and oxygen atoms in total. The van der Waals surface area contributed by atoms with Crippen molar-refractivity contribution in [2.45, 2.75) is 37.8 Å². The third kappa shape index (κ3) is 4.51. The third-order valence-corrected chi connectivity index (χ3v) is 3.74. The maximum absolute atomic E-state index is 11.8. The number of benzene rings is 1. The van der Waals surface area contributed by atoms with Gasteiger partial charge >= 0.3 is 0 Å². The molecule has 0 bridgehead atoms. The Hall–Kier alpha value is -1.07. The monoisotopic (exact) mass is 327 g/mol. The predicted molar refractivity (Wildman–Crippen MR) is 76.0 cm³/mol. The zero-order chi connectivity index (χ0) is 13.7. The lowest BCUT2D eigenvalue weighted by molar-refractivity contribution is -0.125. The van der Waals surface area contributed by atoms with E-state index in [1.165, 1.54) is 0 Å². The van der Waals surface area contributed by atoms with Crippen LogP contribution < -0.4 is 10.1 Å². The number of aliphatic hydroxyl groups excluding tert-OH is 1. The second-order valence-electron chi connectivity index (χ2n) is 4.77. The Labute approximate surface area is 121 Å². The Morgan fingerprint density at radius 1 is 1.42 bits per heavy atom. The molecule has 0 aliphatic heterocycles. The van der Waals surface area contributed by atoms with Gasteiger partial charge in [0, 0.05) is 4.47 Å². The first-order chi connectivity index (χ1) is 9.15. The maximum atomic E-state index is 11.8. The number of carbonyl (C=O) groups excluding carboxylic acids is 1. The average molecular weight is 328 g/mol. The van der Waals surface area contributed by atoms with Crippen LogP contribution in [0, 0.1) is 0 Å². The molecule has 5 heteroatoms. The molecule has 19 heavy (non-hydrogen) atoms. The molecule has 2 unspecified atom stereocenters. The van der Waals surface area contributed by atoms with Gasteiger partial charge in [-0.05, 0) is 31.0 Å². The van der Waals surface area contributed by atoms with Gasteiger partial charge in [0.15, 0.2) is 6.61 Å². The normalized spacial score (nSPS) is 22.8. The van der Waals surface area contributed by atoms with Crippen LogP contribution in [0.3, 0.4) is 0 Å². The predicted octanol–water partition coefficient (Wildman–Crippen LogP) is 2.25. The summed E-state index contributed by atoms with van der Waals surface area (Å²) in [6, 6.07) is 7.22. The van der Waals surface area contributed by atoms with E-state index in [2.05, 4.69) is 21.2 Å². The smallest absolute Gasteiger partial charge is 0.258 e. The third-order valence-electron chi connectivity index (χ3n) is 3.24. The van der Waals surface area contributed by atoms with Gasteiger partial charge in [-0.2, -0.15) is 0 Å². The van der Waals surface area contributed by atoms with Gasteiger partial charge in [0.2, 0.25) is 0 Å². The van der Waals surface area contributed by atoms with Gasteiger partial charge in [-0.1, -0.05) is 34.8 Å². The van der Waals surface area contributed by atoms with Crippen LogP contribution in [0.2, 0.25) is 0 Å². The minimum Gasteiger partial charge on any atom is -0.484 e. The summed E-state index contributed by atoms with van der Waals surface area (Å²) in [5.74, 6) is 0.458. The molecule has 104 valence electrons. The molecule has 2 rings (SSSR count). The van der Waals surface area contributed by atoms with E-state index in [1.807, 2.05) is 18.2 Å². The number of carbonyl (C=O) groups is 1. The van der Waals surface area contributed by atoms with E-state index in [-0.39, 0.29) is 18.6 Å². The average Bonchev–Trinajstić information content (AvgIpc) is 2.39. The first kappa shape index (κ1) is 14.3. The van der Waals surface area contributed by atoms with Crippen molar-refractivity contribution >= 4 is 21.8 Å². The van der Waals surface area contributed by atoms with Crippen LogP contribution in [-0.4, -0.2) is 29.8 Å². The van der Waals surface area contributed by atoms with Crippen molar-refractivity contribution < 1.29 is 14.6 Å². The van der Waals surface area contributed by atoms with E-state index in [4.69, 9.17) is 4.74 Å². The maximum Gasteiger partial charge on any atom is 0.258 e. The molecular formula is C14H18BrNO3. The molecule has 1 aliphatic carbocycles. The lowest BCUT2D eigenvalue weighted by Gasteiger charge is -2.28. The summed E-state index contributed by atoms with van der Waals surface area (Å²) >= 11 is 3.34. The highest BCUT2D eigenvalue weighted by Crippen LogP contribution is 2.19. The molecule has 0 aromatic heterocycles. The van der Waals surface area contributed by atoms with E-state index < -0.39 is 6.10 Å². The molecule has 0 spiro atoms. The molecule has 1 saturated carbocycles. The Kier molecular flexibility index (Phi) is 5.22. The molecular weight excluding hydrogens is 310 g/mol. The number of rotatable bonds is 4. The number of aliphatic hydroxyl groups is 1. The molecule has 2 N–H and O–H groups in total. The molecule has 1 aliphatic rings. The zero-order valence-electron chi connectivity index (χ0n) is 10.6. The minimum absolute atomic E-state index is 0.0281. The fourth-order valence-electron chi connectivity index (χ4n) is 2.23. The van der Waals surface area contributed by atoms with Crippen LogP contribution in [0.4, 0.5) is 0 Å². The van der Waals surface area contributed by atoms with E-state index in [1.54, 1.807) is 6.07 Å². The van der Waals surface area contributed by atoms with Gasteiger partial charge in [0.25, 0.3) is 5.91 Å². The first-order valence-corrected chi connectivity index (χ1v) is 7.30. The second kappa shape index (κ2) is 6.91. The highest BCUT2D eigenvalue weighted by atomic mass is 79.9. The molecule has 2 atom stereocenters. The van der Waals surface area contributed by atoms with E-state index in [0.717, 1.165) is 30.2 Å². The van der Waals surface area contributed by atoms with E-state index in [0.29, 0.717) is 5.75 Å². The van der Waals surface area contributed by atoms with Crippen molar-refractivity contribution in [3.8, 4) is 5.75 Å². The quantitative estimate of drug-likeness (QED) is 0.891. The Morgan fingerprint density at radius 2 is 2.21 bits per heavy atom. The zero-order valence-corrected chi connectivity index (χ0v) is 12.2. The van der Waals surface area contributed by atoms with Crippen molar-refractivity contribution in [1.29, 1.82) is 0 Å². The van der Waals surface area contributed by atoms with Gasteiger partial charge in [0.1, 0.15) is 5.75 Å². The highest BCUT2D eigenvalue weighted by molar-refractivity contribution is 9.10. The topological polar surface area (TPSA) is 58.6 Å². The standard InChI is InChI=1S/C14H18BrNO3/c15-10-4-3-5-11(8-10)19-9-14(18)16-12-6-1-2-7-13(12)17/h3-5,8,12-13,17H,1-2,6-7,9H2,(H,16,18). The second-order valence-corrected chi connectivity index (χ2v) is 5.69. The summed E-state index contributed by atoms with van der Waals surface area (Å²) in [6.07, 6.45) is 3.25. The van der Waals surface area contributed by atoms with Crippen molar-refractivity contribution in [2.75, 3.05) is 6.61 Å². The molecule has 1 fully saturated rings. The van der Waals surface area contributed by atoms with Crippen molar-refractivity contribution in [3.05, 3.63) is 28.7 Å². The summed E-state index contributed by atoms with van der Waals surface area (Å²) < 4.78 is 6.31. The number of amides is 1. The van der Waals surface area contributed by atoms with Crippen molar-refractivity contribution in [3.63, 3.8) is 0 Å². The summed E-state index contributed by atoms with van der Waals surface area (Å²) in [7, 11) is 0. The van der Waals surface area contributed by atoms with Crippen molar-refractivity contribution in [2.24, 2.45) is 0 Å². The summed E-state index contributed by atoms with van der Waals surface area (Å²) in [5, 5.41) is 12.6. The molecule has 1 amide bonds. The Morgan fingerprint density at radius 3 is 2.95 bits per heavy atom. The first-order valence-electron chi connectivity index (χ1n) is 6.51. The molecule has 1 aromatic carbocycles. The van der Waals surface area contributed by atoms with Crippen LogP contribution in [0.5, 0.6) is 5.75 Å². The lowest BCUT2D eigenvalue weighted by atomic mass is 9.92. The van der Waals surface area contributed by atoms with Crippen LogP contribution in [0.15, 0.2) is 28.7 Å². The molecule has 0 radical (unpaired) electrons. The van der Waals surface area contributed by atoms with Gasteiger partial charge in [0.05, 0.1) is 12.1 Å². The molecule has 0 heterocycles. The van der Waals surface area contributed by atoms with Gasteiger partial charge < -0.3 is 15.2 Å². The van der Waals surface area contributed by atoms with Crippen LogP contribution in [0.1, 0.15) is 25.7 Å². The number of hydrogen-bond acceptors (Lipinski definition) is 3. The van der Waals surface area contributed by atoms with Gasteiger partial charge in [-0.3, -0.25) is 4.79 Å². The molecule has 1 aromatic rings. The summed E-state index contributed by atoms with van der Waals surface area (Å²) in [6.45, 7) is -0.0281. The number of hydrogen-bond donors (Lipinski definition) is 2. The number of halogens is 1. The summed E-state index contributed by atoms with van der Waals surface area (Å²) in [4.78, 5) is 11.8. The van der Waals surface area contributed by atoms with E-state index in [9.17, 15) is 9.90 Å². The minimum atomic E-state index is -0.427. The van der Waals surface area contributed by atoms with Crippen LogP contribution in [-0.2, 0) is 4.79 Å².